The van der Waals surface area contributed by atoms with E-state index in [9.17, 15) is 14.5 Å². The van der Waals surface area contributed by atoms with E-state index < -0.39 is 11.6 Å². The molecule has 5 heteroatoms. The van der Waals surface area contributed by atoms with Crippen LogP contribution in [-0.2, 0) is 14.1 Å². The van der Waals surface area contributed by atoms with E-state index in [0.717, 1.165) is 12.8 Å². The van der Waals surface area contributed by atoms with E-state index in [1.54, 1.807) is 6.92 Å². The van der Waals surface area contributed by atoms with Gasteiger partial charge in [-0.3, -0.25) is 9.36 Å². The maximum absolute atomic E-state index is 11.9. The largest absolute Gasteiger partial charge is 0.466 e. The molecule has 1 saturated carbocycles. The van der Waals surface area contributed by atoms with Crippen molar-refractivity contribution >= 4 is 14.4 Å². The Morgan fingerprint density at radius 2 is 2.06 bits per heavy atom. The molecule has 104 valence electrons. The second-order valence-corrected chi connectivity index (χ2v) is 5.83. The van der Waals surface area contributed by atoms with Gasteiger partial charge in [0.05, 0.1) is 24.8 Å². The van der Waals surface area contributed by atoms with Crippen LogP contribution in [0.15, 0.2) is 0 Å². The van der Waals surface area contributed by atoms with Gasteiger partial charge >= 0.3 is 5.97 Å². The fraction of sp³-hybridized carbons (Fsp3) is 0.923. The summed E-state index contributed by atoms with van der Waals surface area (Å²) in [5.41, 5.74) is -0.522. The number of carbonyl (C=O) groups is 1. The predicted molar refractivity (Wildman–Crippen MR) is 69.8 cm³/mol. The van der Waals surface area contributed by atoms with E-state index in [1.165, 1.54) is 19.3 Å². The highest BCUT2D eigenvalue weighted by Crippen LogP contribution is 2.33. The Balaban J connectivity index is 2.62. The molecule has 2 atom stereocenters. The number of carbonyl (C=O) groups excluding carboxylic acids is 1. The SMILES string of the molecule is CCOC(=O)C(CC1CCCCC1)C(CO)P=O. The zero-order valence-electron chi connectivity index (χ0n) is 11.0. The lowest BCUT2D eigenvalue weighted by atomic mass is 9.82. The van der Waals surface area contributed by atoms with Gasteiger partial charge in [-0.2, -0.15) is 0 Å². The lowest BCUT2D eigenvalue weighted by Crippen LogP contribution is -2.31. The second-order valence-electron chi connectivity index (χ2n) is 4.95. The zero-order chi connectivity index (χ0) is 13.4. The molecule has 0 aromatic carbocycles. The van der Waals surface area contributed by atoms with Crippen LogP contribution in [0.4, 0.5) is 0 Å². The molecular weight excluding hydrogens is 251 g/mol. The molecule has 1 rings (SSSR count). The summed E-state index contributed by atoms with van der Waals surface area (Å²) in [6, 6.07) is 0. The molecule has 18 heavy (non-hydrogen) atoms. The summed E-state index contributed by atoms with van der Waals surface area (Å²) in [5.74, 6) is -0.244. The van der Waals surface area contributed by atoms with Crippen molar-refractivity contribution in [2.45, 2.75) is 51.1 Å². The van der Waals surface area contributed by atoms with Gasteiger partial charge in [0, 0.05) is 0 Å². The molecule has 0 aromatic heterocycles. The molecule has 1 N–H and O–H groups in total. The molecule has 1 aliphatic rings. The first-order valence-electron chi connectivity index (χ1n) is 6.82. The zero-order valence-corrected chi connectivity index (χ0v) is 11.9. The summed E-state index contributed by atoms with van der Waals surface area (Å²) in [7, 11) is -0.167. The van der Waals surface area contributed by atoms with Gasteiger partial charge in [-0.15, -0.1) is 0 Å². The average molecular weight is 274 g/mol. The number of ether oxygens (including phenoxy) is 1. The quantitative estimate of drug-likeness (QED) is 0.572. The summed E-state index contributed by atoms with van der Waals surface area (Å²) < 4.78 is 16.1. The van der Waals surface area contributed by atoms with E-state index in [2.05, 4.69) is 0 Å². The highest BCUT2D eigenvalue weighted by molar-refractivity contribution is 7.24. The minimum absolute atomic E-state index is 0.167. The molecule has 0 radical (unpaired) electrons. The van der Waals surface area contributed by atoms with E-state index in [1.807, 2.05) is 0 Å². The minimum atomic E-state index is -0.522. The first-order chi connectivity index (χ1) is 8.72. The lowest BCUT2D eigenvalue weighted by Gasteiger charge is -2.27. The summed E-state index contributed by atoms with van der Waals surface area (Å²) in [4.78, 5) is 11.9. The Kier molecular flexibility index (Phi) is 7.45. The smallest absolute Gasteiger partial charge is 0.310 e. The highest BCUT2D eigenvalue weighted by Gasteiger charge is 2.32. The van der Waals surface area contributed by atoms with Crippen molar-refractivity contribution in [3.8, 4) is 0 Å². The predicted octanol–water partition coefficient (Wildman–Crippen LogP) is 2.79. The monoisotopic (exact) mass is 274 g/mol. The number of hydrogen-bond donors (Lipinski definition) is 1. The van der Waals surface area contributed by atoms with Crippen LogP contribution in [0.25, 0.3) is 0 Å². The maximum atomic E-state index is 11.9. The van der Waals surface area contributed by atoms with Crippen LogP contribution in [0.5, 0.6) is 0 Å². The number of aliphatic hydroxyl groups is 1. The van der Waals surface area contributed by atoms with Gasteiger partial charge in [0.25, 0.3) is 0 Å². The van der Waals surface area contributed by atoms with Crippen molar-refractivity contribution < 1.29 is 19.2 Å². The van der Waals surface area contributed by atoms with Crippen molar-refractivity contribution in [2.24, 2.45) is 11.8 Å². The molecule has 0 spiro atoms. The summed E-state index contributed by atoms with van der Waals surface area (Å²) >= 11 is 0. The molecule has 1 fully saturated rings. The first kappa shape index (κ1) is 15.6. The molecule has 2 unspecified atom stereocenters. The molecule has 4 nitrogen and oxygen atoms in total. The fourth-order valence-corrected chi connectivity index (χ4v) is 3.13. The van der Waals surface area contributed by atoms with Crippen molar-refractivity contribution in [3.05, 3.63) is 0 Å². The van der Waals surface area contributed by atoms with Crippen LogP contribution < -0.4 is 0 Å². The van der Waals surface area contributed by atoms with Gasteiger partial charge < -0.3 is 9.84 Å². The third-order valence-corrected chi connectivity index (χ3v) is 4.48. The molecule has 0 heterocycles. The molecule has 0 aromatic rings. The molecule has 1 aliphatic carbocycles. The normalized spacial score (nSPS) is 20.6. The van der Waals surface area contributed by atoms with Gasteiger partial charge in [0.1, 0.15) is 0 Å². The van der Waals surface area contributed by atoms with Crippen LogP contribution in [0, 0.1) is 11.8 Å². The van der Waals surface area contributed by atoms with Crippen molar-refractivity contribution in [1.82, 2.24) is 0 Å². The number of esters is 1. The molecular formula is C13H23O4P. The Labute approximate surface area is 110 Å². The van der Waals surface area contributed by atoms with Crippen LogP contribution in [0.3, 0.4) is 0 Å². The standard InChI is InChI=1S/C13H23O4P/c1-2-17-13(15)11(12(9-14)18-16)8-10-6-4-3-5-7-10/h10-12,14H,2-9H2,1H3. The summed E-state index contributed by atoms with van der Waals surface area (Å²) in [6.07, 6.45) is 6.63. The van der Waals surface area contributed by atoms with E-state index >= 15 is 0 Å². The molecule has 0 amide bonds. The van der Waals surface area contributed by atoms with Crippen LogP contribution in [0.2, 0.25) is 0 Å². The Morgan fingerprint density at radius 1 is 1.39 bits per heavy atom. The fourth-order valence-electron chi connectivity index (χ4n) is 2.68. The third-order valence-electron chi connectivity index (χ3n) is 3.69. The second kappa shape index (κ2) is 8.60. The van der Waals surface area contributed by atoms with Gasteiger partial charge in [-0.25, -0.2) is 0 Å². The first-order valence-corrected chi connectivity index (χ1v) is 7.71. The van der Waals surface area contributed by atoms with Gasteiger partial charge in [-0.1, -0.05) is 32.1 Å². The van der Waals surface area contributed by atoms with Gasteiger partial charge in [0.2, 0.25) is 0 Å². The van der Waals surface area contributed by atoms with E-state index in [-0.39, 0.29) is 21.0 Å². The van der Waals surface area contributed by atoms with Crippen LogP contribution >= 0.6 is 8.46 Å². The van der Waals surface area contributed by atoms with E-state index in [0.29, 0.717) is 18.9 Å². The minimum Gasteiger partial charge on any atom is -0.466 e. The number of hydrogen-bond acceptors (Lipinski definition) is 4. The Bertz CT molecular complexity index is 264. The van der Waals surface area contributed by atoms with Gasteiger partial charge in [0.15, 0.2) is 8.46 Å². The molecule has 0 saturated heterocycles. The topological polar surface area (TPSA) is 63.6 Å². The van der Waals surface area contributed by atoms with E-state index in [4.69, 9.17) is 4.74 Å². The Hall–Kier alpha value is -0.470. The molecule has 0 bridgehead atoms. The van der Waals surface area contributed by atoms with Crippen molar-refractivity contribution in [2.75, 3.05) is 13.2 Å². The lowest BCUT2D eigenvalue weighted by molar-refractivity contribution is -0.149. The third kappa shape index (κ3) is 4.66. The Morgan fingerprint density at radius 3 is 2.56 bits per heavy atom. The summed E-state index contributed by atoms with van der Waals surface area (Å²) in [5, 5.41) is 9.23. The molecule has 0 aliphatic heterocycles. The van der Waals surface area contributed by atoms with Crippen molar-refractivity contribution in [1.29, 1.82) is 0 Å². The highest BCUT2D eigenvalue weighted by atomic mass is 31.1. The number of aliphatic hydroxyl groups excluding tert-OH is 1. The van der Waals surface area contributed by atoms with Gasteiger partial charge in [-0.05, 0) is 19.3 Å². The maximum Gasteiger partial charge on any atom is 0.310 e. The van der Waals surface area contributed by atoms with Crippen LogP contribution in [-0.4, -0.2) is 29.9 Å². The van der Waals surface area contributed by atoms with Crippen molar-refractivity contribution in [3.63, 3.8) is 0 Å². The van der Waals surface area contributed by atoms with Crippen LogP contribution in [0.1, 0.15) is 45.4 Å². The summed E-state index contributed by atoms with van der Waals surface area (Å²) in [6.45, 7) is 1.85. The average Bonchev–Trinajstić information content (AvgIpc) is 2.40. The number of rotatable bonds is 7.